The van der Waals surface area contributed by atoms with Gasteiger partial charge in [-0.25, -0.2) is 9.90 Å². The summed E-state index contributed by atoms with van der Waals surface area (Å²) in [5.74, 6) is -0.492. The van der Waals surface area contributed by atoms with Crippen molar-refractivity contribution in [3.63, 3.8) is 0 Å². The van der Waals surface area contributed by atoms with E-state index in [1.165, 1.54) is 24.3 Å². The Labute approximate surface area is 99.0 Å². The molecule has 0 saturated carbocycles. The molecule has 0 heterocycles. The zero-order valence-electron chi connectivity index (χ0n) is 9.18. The van der Waals surface area contributed by atoms with Crippen molar-refractivity contribution >= 4 is 12.3 Å². The molecule has 0 fully saturated rings. The van der Waals surface area contributed by atoms with Gasteiger partial charge in [-0.05, 0) is 12.1 Å². The first-order chi connectivity index (χ1) is 8.27. The van der Waals surface area contributed by atoms with E-state index in [-0.39, 0.29) is 26.4 Å². The number of benzene rings is 1. The van der Waals surface area contributed by atoms with Gasteiger partial charge in [0.1, 0.15) is 13.2 Å². The Morgan fingerprint density at radius 2 is 1.82 bits per heavy atom. The van der Waals surface area contributed by atoms with Crippen molar-refractivity contribution < 1.29 is 24.2 Å². The van der Waals surface area contributed by atoms with Crippen molar-refractivity contribution in [2.75, 3.05) is 26.4 Å². The Hall–Kier alpha value is -1.72. The average Bonchev–Trinajstić information content (AvgIpc) is 2.38. The molecule has 0 saturated heterocycles. The fourth-order valence-corrected chi connectivity index (χ4v) is 1.11. The minimum Gasteiger partial charge on any atom is -0.460 e. The molecule has 0 aliphatic heterocycles. The van der Waals surface area contributed by atoms with E-state index in [0.717, 1.165) is 0 Å². The molecule has 0 amide bonds. The Kier molecular flexibility index (Phi) is 5.92. The SMILES string of the molecule is [O]CCOCCOC(=O)c1ccc([C]=O)cc1. The first kappa shape index (κ1) is 13.3. The summed E-state index contributed by atoms with van der Waals surface area (Å²) in [5.41, 5.74) is 0.730. The first-order valence-corrected chi connectivity index (χ1v) is 5.09. The van der Waals surface area contributed by atoms with Gasteiger partial charge in [-0.2, -0.15) is 0 Å². The molecule has 5 heteroatoms. The van der Waals surface area contributed by atoms with E-state index in [9.17, 15) is 14.7 Å². The quantitative estimate of drug-likeness (QED) is 0.517. The lowest BCUT2D eigenvalue weighted by Gasteiger charge is -2.04. The second-order valence-corrected chi connectivity index (χ2v) is 3.13. The van der Waals surface area contributed by atoms with E-state index in [1.54, 1.807) is 6.29 Å². The van der Waals surface area contributed by atoms with Crippen LogP contribution >= 0.6 is 0 Å². The Morgan fingerprint density at radius 1 is 1.12 bits per heavy atom. The molecular formula is C12H12O5. The van der Waals surface area contributed by atoms with Gasteiger partial charge in [0.2, 0.25) is 6.29 Å². The first-order valence-electron chi connectivity index (χ1n) is 5.09. The van der Waals surface area contributed by atoms with Crippen molar-refractivity contribution in [1.29, 1.82) is 0 Å². The van der Waals surface area contributed by atoms with Crippen LogP contribution in [0.3, 0.4) is 0 Å². The topological polar surface area (TPSA) is 72.5 Å². The van der Waals surface area contributed by atoms with Crippen LogP contribution in [0.25, 0.3) is 0 Å². The lowest BCUT2D eigenvalue weighted by atomic mass is 10.1. The van der Waals surface area contributed by atoms with Crippen LogP contribution in [-0.2, 0) is 19.4 Å². The van der Waals surface area contributed by atoms with Crippen molar-refractivity contribution in [2.45, 2.75) is 0 Å². The predicted octanol–water partition coefficient (Wildman–Crippen LogP) is 0.748. The molecule has 0 aliphatic carbocycles. The average molecular weight is 236 g/mol. The monoisotopic (exact) mass is 236 g/mol. The molecular weight excluding hydrogens is 224 g/mol. The molecule has 1 aromatic rings. The maximum atomic E-state index is 11.4. The molecule has 1 aromatic carbocycles. The van der Waals surface area contributed by atoms with Gasteiger partial charge in [0.05, 0.1) is 18.8 Å². The molecule has 0 bridgehead atoms. The summed E-state index contributed by atoms with van der Waals surface area (Å²) in [6.07, 6.45) is 1.71. The van der Waals surface area contributed by atoms with E-state index in [2.05, 4.69) is 0 Å². The standard InChI is InChI=1S/C12H12O5/c13-5-6-16-7-8-17-12(15)11-3-1-10(9-14)2-4-11/h1-4H,5-8H2. The molecule has 0 aliphatic rings. The lowest BCUT2D eigenvalue weighted by Crippen LogP contribution is -2.12. The van der Waals surface area contributed by atoms with Crippen molar-refractivity contribution in [3.8, 4) is 0 Å². The number of carbonyl (C=O) groups excluding carboxylic acids is 2. The molecule has 2 radical (unpaired) electrons. The van der Waals surface area contributed by atoms with E-state index >= 15 is 0 Å². The fraction of sp³-hybridized carbons (Fsp3) is 0.333. The van der Waals surface area contributed by atoms with Gasteiger partial charge in [0.15, 0.2) is 0 Å². The molecule has 5 nitrogen and oxygen atoms in total. The summed E-state index contributed by atoms with van der Waals surface area (Å²) in [4.78, 5) is 21.7. The lowest BCUT2D eigenvalue weighted by molar-refractivity contribution is 0.0192. The highest BCUT2D eigenvalue weighted by Crippen LogP contribution is 2.04. The molecule has 0 spiro atoms. The smallest absolute Gasteiger partial charge is 0.338 e. The fourth-order valence-electron chi connectivity index (χ4n) is 1.11. The van der Waals surface area contributed by atoms with E-state index in [1.807, 2.05) is 0 Å². The van der Waals surface area contributed by atoms with Crippen LogP contribution in [0.2, 0.25) is 0 Å². The van der Waals surface area contributed by atoms with Crippen molar-refractivity contribution in [2.24, 2.45) is 0 Å². The minimum absolute atomic E-state index is 0.0976. The number of hydrogen-bond acceptors (Lipinski definition) is 4. The molecule has 1 rings (SSSR count). The zero-order chi connectivity index (χ0) is 12.5. The van der Waals surface area contributed by atoms with Gasteiger partial charge in [-0.3, -0.25) is 4.79 Å². The van der Waals surface area contributed by atoms with Gasteiger partial charge < -0.3 is 9.47 Å². The summed E-state index contributed by atoms with van der Waals surface area (Å²) in [6, 6.07) is 5.94. The Morgan fingerprint density at radius 3 is 2.41 bits per heavy atom. The highest BCUT2D eigenvalue weighted by atomic mass is 16.6. The van der Waals surface area contributed by atoms with Crippen LogP contribution in [0.1, 0.15) is 15.9 Å². The normalized spacial score (nSPS) is 9.94. The van der Waals surface area contributed by atoms with Gasteiger partial charge in [-0.15, -0.1) is 0 Å². The molecule has 17 heavy (non-hydrogen) atoms. The van der Waals surface area contributed by atoms with E-state index < -0.39 is 5.97 Å². The molecule has 0 unspecified atom stereocenters. The summed E-state index contributed by atoms with van der Waals surface area (Å²) < 4.78 is 9.75. The van der Waals surface area contributed by atoms with Crippen LogP contribution in [0, 0.1) is 0 Å². The Bertz CT molecular complexity index is 358. The third-order valence-electron chi connectivity index (χ3n) is 1.93. The van der Waals surface area contributed by atoms with Crippen LogP contribution in [0.5, 0.6) is 0 Å². The van der Waals surface area contributed by atoms with Crippen LogP contribution in [0.15, 0.2) is 24.3 Å². The summed E-state index contributed by atoms with van der Waals surface area (Å²) in [6.45, 7) is 0.105. The summed E-state index contributed by atoms with van der Waals surface area (Å²) in [7, 11) is 0. The maximum Gasteiger partial charge on any atom is 0.338 e. The van der Waals surface area contributed by atoms with Gasteiger partial charge in [0.25, 0.3) is 0 Å². The number of ether oxygens (including phenoxy) is 2. The maximum absolute atomic E-state index is 11.4. The van der Waals surface area contributed by atoms with Gasteiger partial charge in [-0.1, -0.05) is 12.1 Å². The van der Waals surface area contributed by atoms with Crippen LogP contribution in [-0.4, -0.2) is 38.7 Å². The minimum atomic E-state index is -0.492. The third-order valence-corrected chi connectivity index (χ3v) is 1.93. The number of rotatable bonds is 7. The van der Waals surface area contributed by atoms with Gasteiger partial charge >= 0.3 is 5.97 Å². The van der Waals surface area contributed by atoms with Crippen LogP contribution in [0.4, 0.5) is 0 Å². The summed E-state index contributed by atoms with van der Waals surface area (Å²) in [5, 5.41) is 10.0. The second-order valence-electron chi connectivity index (χ2n) is 3.13. The number of carbonyl (C=O) groups is 1. The molecule has 0 N–H and O–H groups in total. The van der Waals surface area contributed by atoms with Crippen molar-refractivity contribution in [1.82, 2.24) is 0 Å². The van der Waals surface area contributed by atoms with Crippen LogP contribution < -0.4 is 0 Å². The van der Waals surface area contributed by atoms with E-state index in [0.29, 0.717) is 11.1 Å². The second kappa shape index (κ2) is 7.54. The van der Waals surface area contributed by atoms with Gasteiger partial charge in [0, 0.05) is 5.56 Å². The molecule has 90 valence electrons. The number of hydrogen-bond donors (Lipinski definition) is 0. The highest BCUT2D eigenvalue weighted by Gasteiger charge is 2.06. The van der Waals surface area contributed by atoms with Crippen molar-refractivity contribution in [3.05, 3.63) is 35.4 Å². The number of esters is 1. The zero-order valence-corrected chi connectivity index (χ0v) is 9.18. The molecule has 0 atom stereocenters. The Balaban J connectivity index is 2.33. The largest absolute Gasteiger partial charge is 0.460 e. The molecule has 0 aromatic heterocycles. The predicted molar refractivity (Wildman–Crippen MR) is 57.9 cm³/mol. The summed E-state index contributed by atoms with van der Waals surface area (Å²) >= 11 is 0. The highest BCUT2D eigenvalue weighted by molar-refractivity contribution is 5.90. The third kappa shape index (κ3) is 4.76. The van der Waals surface area contributed by atoms with E-state index in [4.69, 9.17) is 9.47 Å².